The minimum atomic E-state index is -1.01. The number of nitrogens with one attached hydrogen (secondary N) is 1. The van der Waals surface area contributed by atoms with Crippen molar-refractivity contribution in [1.29, 1.82) is 0 Å². The number of carbonyl (C=O) groups excluding carboxylic acids is 1. The molecule has 1 aromatic carbocycles. The van der Waals surface area contributed by atoms with Gasteiger partial charge in [-0.05, 0) is 44.0 Å². The van der Waals surface area contributed by atoms with Gasteiger partial charge >= 0.3 is 5.97 Å². The Morgan fingerprint density at radius 3 is 2.52 bits per heavy atom. The Morgan fingerprint density at radius 2 is 1.95 bits per heavy atom. The molecule has 21 heavy (non-hydrogen) atoms. The molecule has 1 amide bonds. The average molecular weight is 304 g/mol. The molecule has 0 fully saturated rings. The standard InChI is InChI=1S/C15H16N2O3S/c1-8-4-5-11(6-9(8)2)17-12(18)7-13-16-10(3)14(21-13)15(19)20/h4-6H,7H2,1-3H3,(H,17,18)(H,19,20). The fraction of sp³-hybridized carbons (Fsp3) is 0.267. The molecule has 0 bridgehead atoms. The first-order valence-electron chi connectivity index (χ1n) is 6.43. The van der Waals surface area contributed by atoms with Crippen molar-refractivity contribution in [3.8, 4) is 0 Å². The van der Waals surface area contributed by atoms with Gasteiger partial charge in [0.2, 0.25) is 5.91 Å². The lowest BCUT2D eigenvalue weighted by molar-refractivity contribution is -0.115. The zero-order valence-electron chi connectivity index (χ0n) is 12.1. The minimum Gasteiger partial charge on any atom is -0.477 e. The Balaban J connectivity index is 2.06. The summed E-state index contributed by atoms with van der Waals surface area (Å²) in [5.41, 5.74) is 3.44. The van der Waals surface area contributed by atoms with Crippen LogP contribution in [-0.2, 0) is 11.2 Å². The van der Waals surface area contributed by atoms with Crippen LogP contribution in [0.3, 0.4) is 0 Å². The number of carboxylic acids is 1. The zero-order chi connectivity index (χ0) is 15.6. The van der Waals surface area contributed by atoms with Crippen LogP contribution in [0.25, 0.3) is 0 Å². The third-order valence-electron chi connectivity index (χ3n) is 3.14. The van der Waals surface area contributed by atoms with E-state index in [0.29, 0.717) is 10.7 Å². The quantitative estimate of drug-likeness (QED) is 0.910. The van der Waals surface area contributed by atoms with Crippen LogP contribution in [0.5, 0.6) is 0 Å². The largest absolute Gasteiger partial charge is 0.477 e. The minimum absolute atomic E-state index is 0.0751. The van der Waals surface area contributed by atoms with Crippen LogP contribution < -0.4 is 5.32 Å². The molecule has 2 N–H and O–H groups in total. The number of benzene rings is 1. The van der Waals surface area contributed by atoms with Gasteiger partial charge < -0.3 is 10.4 Å². The van der Waals surface area contributed by atoms with E-state index in [0.717, 1.165) is 28.2 Å². The molecule has 110 valence electrons. The van der Waals surface area contributed by atoms with E-state index in [1.807, 2.05) is 32.0 Å². The van der Waals surface area contributed by atoms with E-state index >= 15 is 0 Å². The topological polar surface area (TPSA) is 79.3 Å². The van der Waals surface area contributed by atoms with Crippen LogP contribution >= 0.6 is 11.3 Å². The number of carbonyl (C=O) groups is 2. The second-order valence-corrected chi connectivity index (χ2v) is 5.93. The molecular formula is C15H16N2O3S. The lowest BCUT2D eigenvalue weighted by atomic mass is 10.1. The first-order valence-corrected chi connectivity index (χ1v) is 7.25. The van der Waals surface area contributed by atoms with Gasteiger partial charge in [-0.1, -0.05) is 6.07 Å². The molecule has 0 aliphatic carbocycles. The van der Waals surface area contributed by atoms with Gasteiger partial charge in [-0.25, -0.2) is 9.78 Å². The molecular weight excluding hydrogens is 288 g/mol. The number of hydrogen-bond acceptors (Lipinski definition) is 4. The first-order chi connectivity index (χ1) is 9.86. The van der Waals surface area contributed by atoms with E-state index in [1.54, 1.807) is 6.92 Å². The summed E-state index contributed by atoms with van der Waals surface area (Å²) >= 11 is 1.04. The fourth-order valence-electron chi connectivity index (χ4n) is 1.89. The number of anilines is 1. The lowest BCUT2D eigenvalue weighted by Gasteiger charge is -2.06. The molecule has 5 nitrogen and oxygen atoms in total. The van der Waals surface area contributed by atoms with Gasteiger partial charge in [-0.15, -0.1) is 11.3 Å². The molecule has 2 rings (SSSR count). The van der Waals surface area contributed by atoms with E-state index in [2.05, 4.69) is 10.3 Å². The van der Waals surface area contributed by atoms with Gasteiger partial charge in [-0.2, -0.15) is 0 Å². The second kappa shape index (κ2) is 6.05. The maximum absolute atomic E-state index is 12.0. The Morgan fingerprint density at radius 1 is 1.24 bits per heavy atom. The number of aryl methyl sites for hydroxylation is 3. The Labute approximate surface area is 126 Å². The van der Waals surface area contributed by atoms with Crippen molar-refractivity contribution in [2.75, 3.05) is 5.32 Å². The number of hydrogen-bond donors (Lipinski definition) is 2. The maximum Gasteiger partial charge on any atom is 0.347 e. The van der Waals surface area contributed by atoms with Crippen molar-refractivity contribution in [3.05, 3.63) is 44.9 Å². The monoisotopic (exact) mass is 304 g/mol. The SMILES string of the molecule is Cc1ccc(NC(=O)Cc2nc(C)c(C(=O)O)s2)cc1C. The van der Waals surface area contributed by atoms with Gasteiger partial charge in [0.1, 0.15) is 9.88 Å². The second-order valence-electron chi connectivity index (χ2n) is 4.85. The van der Waals surface area contributed by atoms with Gasteiger partial charge in [0, 0.05) is 5.69 Å². The smallest absolute Gasteiger partial charge is 0.347 e. The van der Waals surface area contributed by atoms with Crippen molar-refractivity contribution in [3.63, 3.8) is 0 Å². The van der Waals surface area contributed by atoms with Crippen molar-refractivity contribution in [2.24, 2.45) is 0 Å². The number of amides is 1. The highest BCUT2D eigenvalue weighted by Crippen LogP contribution is 2.19. The lowest BCUT2D eigenvalue weighted by Crippen LogP contribution is -2.14. The summed E-state index contributed by atoms with van der Waals surface area (Å²) in [5, 5.41) is 12.3. The third kappa shape index (κ3) is 3.66. The molecule has 1 aromatic heterocycles. The predicted octanol–water partition coefficient (Wildman–Crippen LogP) is 2.95. The number of nitrogens with zero attached hydrogens (tertiary/aromatic N) is 1. The fourth-order valence-corrected chi connectivity index (χ4v) is 2.79. The first kappa shape index (κ1) is 15.2. The van der Waals surface area contributed by atoms with E-state index < -0.39 is 5.97 Å². The summed E-state index contributed by atoms with van der Waals surface area (Å²) < 4.78 is 0. The van der Waals surface area contributed by atoms with Crippen LogP contribution in [0.4, 0.5) is 5.69 Å². The highest BCUT2D eigenvalue weighted by molar-refractivity contribution is 7.13. The van der Waals surface area contributed by atoms with Crippen LogP contribution in [-0.4, -0.2) is 22.0 Å². The van der Waals surface area contributed by atoms with Crippen molar-refractivity contribution < 1.29 is 14.7 Å². The van der Waals surface area contributed by atoms with Gasteiger partial charge in [-0.3, -0.25) is 4.79 Å². The predicted molar refractivity (Wildman–Crippen MR) is 82.1 cm³/mol. The number of rotatable bonds is 4. The summed E-state index contributed by atoms with van der Waals surface area (Å²) in [5.74, 6) is -1.21. The Kier molecular flexibility index (Phi) is 4.37. The molecule has 0 saturated heterocycles. The number of aromatic nitrogens is 1. The van der Waals surface area contributed by atoms with Gasteiger partial charge in [0.25, 0.3) is 0 Å². The molecule has 0 aliphatic rings. The zero-order valence-corrected chi connectivity index (χ0v) is 12.9. The van der Waals surface area contributed by atoms with E-state index in [9.17, 15) is 9.59 Å². The molecule has 0 spiro atoms. The molecule has 1 heterocycles. The van der Waals surface area contributed by atoms with Gasteiger partial charge in [0.05, 0.1) is 12.1 Å². The van der Waals surface area contributed by atoms with Crippen LogP contribution in [0.1, 0.15) is 31.5 Å². The van der Waals surface area contributed by atoms with Gasteiger partial charge in [0.15, 0.2) is 0 Å². The van der Waals surface area contributed by atoms with Crippen molar-refractivity contribution >= 4 is 28.9 Å². The summed E-state index contributed by atoms with van der Waals surface area (Å²) in [6.07, 6.45) is 0.0751. The summed E-state index contributed by atoms with van der Waals surface area (Å²) in [6.45, 7) is 5.62. The van der Waals surface area contributed by atoms with Crippen molar-refractivity contribution in [1.82, 2.24) is 4.98 Å². The van der Waals surface area contributed by atoms with Crippen molar-refractivity contribution in [2.45, 2.75) is 27.2 Å². The number of carboxylic acid groups (broad SMARTS) is 1. The molecule has 2 aromatic rings. The Hall–Kier alpha value is -2.21. The highest BCUT2D eigenvalue weighted by Gasteiger charge is 2.16. The van der Waals surface area contributed by atoms with E-state index in [1.165, 1.54) is 0 Å². The molecule has 0 unspecified atom stereocenters. The molecule has 0 radical (unpaired) electrons. The van der Waals surface area contributed by atoms with Crippen LogP contribution in [0, 0.1) is 20.8 Å². The molecule has 0 aliphatic heterocycles. The third-order valence-corrected chi connectivity index (χ3v) is 4.28. The average Bonchev–Trinajstić information content (AvgIpc) is 2.75. The molecule has 0 atom stereocenters. The molecule has 6 heteroatoms. The summed E-state index contributed by atoms with van der Waals surface area (Å²) in [4.78, 5) is 27.2. The number of aromatic carboxylic acids is 1. The normalized spacial score (nSPS) is 10.4. The van der Waals surface area contributed by atoms with Crippen LogP contribution in [0.15, 0.2) is 18.2 Å². The van der Waals surface area contributed by atoms with Crippen LogP contribution in [0.2, 0.25) is 0 Å². The number of thiazole rings is 1. The van der Waals surface area contributed by atoms with E-state index in [4.69, 9.17) is 5.11 Å². The summed E-state index contributed by atoms with van der Waals surface area (Å²) in [6, 6.07) is 5.69. The Bertz CT molecular complexity index is 707. The highest BCUT2D eigenvalue weighted by atomic mass is 32.1. The maximum atomic E-state index is 12.0. The molecule has 0 saturated carbocycles. The van der Waals surface area contributed by atoms with E-state index in [-0.39, 0.29) is 17.2 Å². The summed E-state index contributed by atoms with van der Waals surface area (Å²) in [7, 11) is 0.